The molecule has 7 heteroatoms. The van der Waals surface area contributed by atoms with Gasteiger partial charge >= 0.3 is 5.97 Å². The summed E-state index contributed by atoms with van der Waals surface area (Å²) in [7, 11) is 0. The first kappa shape index (κ1) is 21.1. The van der Waals surface area contributed by atoms with Gasteiger partial charge in [-0.25, -0.2) is 0 Å². The molecule has 1 aliphatic carbocycles. The van der Waals surface area contributed by atoms with Crippen molar-refractivity contribution in [2.45, 2.75) is 43.0 Å². The number of carbonyl (C=O) groups is 2. The van der Waals surface area contributed by atoms with Crippen molar-refractivity contribution in [1.82, 2.24) is 0 Å². The molecule has 0 spiro atoms. The number of carbonyl (C=O) groups excluding carboxylic acids is 2. The van der Waals surface area contributed by atoms with E-state index >= 15 is 0 Å². The highest BCUT2D eigenvalue weighted by Crippen LogP contribution is 2.63. The maximum Gasteiger partial charge on any atom is 0.304 e. The van der Waals surface area contributed by atoms with Crippen LogP contribution in [0.4, 0.5) is 0 Å². The fourth-order valence-corrected chi connectivity index (χ4v) is 7.35. The number of hydrogen-bond acceptors (Lipinski definition) is 7. The van der Waals surface area contributed by atoms with Crippen molar-refractivity contribution in [3.63, 3.8) is 0 Å². The zero-order valence-corrected chi connectivity index (χ0v) is 18.8. The minimum atomic E-state index is -1.60. The Bertz CT molecular complexity index is 959. The molecule has 1 fully saturated rings. The molecule has 0 saturated carbocycles. The summed E-state index contributed by atoms with van der Waals surface area (Å²) >= 11 is 3.48. The van der Waals surface area contributed by atoms with E-state index in [4.69, 9.17) is 13.9 Å². The van der Waals surface area contributed by atoms with Crippen LogP contribution in [0.5, 0.6) is 0 Å². The summed E-state index contributed by atoms with van der Waals surface area (Å²) in [6, 6.07) is 11.7. The van der Waals surface area contributed by atoms with E-state index in [1.807, 2.05) is 44.2 Å². The number of furan rings is 1. The Hall–Kier alpha value is -2.12. The Morgan fingerprint density at radius 1 is 1.10 bits per heavy atom. The van der Waals surface area contributed by atoms with Crippen LogP contribution in [0.15, 0.2) is 64.7 Å². The van der Waals surface area contributed by atoms with Crippen LogP contribution in [0.1, 0.15) is 38.3 Å². The smallest absolute Gasteiger partial charge is 0.304 e. The minimum absolute atomic E-state index is 0.198. The van der Waals surface area contributed by atoms with Crippen molar-refractivity contribution >= 4 is 35.3 Å². The second kappa shape index (κ2) is 8.19. The maximum absolute atomic E-state index is 13.9. The van der Waals surface area contributed by atoms with Gasteiger partial charge in [-0.05, 0) is 43.4 Å². The van der Waals surface area contributed by atoms with Crippen molar-refractivity contribution in [1.29, 1.82) is 0 Å². The van der Waals surface area contributed by atoms with E-state index in [0.717, 1.165) is 23.5 Å². The lowest BCUT2D eigenvalue weighted by atomic mass is 9.71. The molecule has 0 radical (unpaired) electrons. The van der Waals surface area contributed by atoms with Gasteiger partial charge in [-0.2, -0.15) is 0 Å². The average molecular weight is 445 g/mol. The largest absolute Gasteiger partial charge is 0.490 e. The number of rotatable bonds is 6. The second-order valence-corrected chi connectivity index (χ2v) is 10.4. The van der Waals surface area contributed by atoms with Crippen LogP contribution in [0.25, 0.3) is 0 Å². The Kier molecular flexibility index (Phi) is 5.77. The lowest BCUT2D eigenvalue weighted by Gasteiger charge is -2.49. The van der Waals surface area contributed by atoms with Gasteiger partial charge in [0.05, 0.1) is 24.2 Å². The number of hydrogen-bond donors (Lipinski definition) is 0. The van der Waals surface area contributed by atoms with Crippen molar-refractivity contribution in [3.8, 4) is 0 Å². The van der Waals surface area contributed by atoms with Gasteiger partial charge in [0.2, 0.25) is 5.78 Å². The lowest BCUT2D eigenvalue weighted by molar-refractivity contribution is -0.171. The van der Waals surface area contributed by atoms with Gasteiger partial charge < -0.3 is 13.9 Å². The zero-order chi connectivity index (χ0) is 21.4. The fraction of sp³-hybridized carbons (Fsp3) is 0.391. The van der Waals surface area contributed by atoms with Crippen LogP contribution >= 0.6 is 23.5 Å². The monoisotopic (exact) mass is 444 g/mol. The summed E-state index contributed by atoms with van der Waals surface area (Å²) in [5.41, 5.74) is 0.478. The van der Waals surface area contributed by atoms with Gasteiger partial charge in [0, 0.05) is 12.5 Å². The Balaban J connectivity index is 1.96. The maximum atomic E-state index is 13.9. The molecule has 4 rings (SSSR count). The number of Topliss-reactive ketones (excluding diaryl/α,β-unsaturated/α-hetero) is 1. The molecule has 0 unspecified atom stereocenters. The van der Waals surface area contributed by atoms with Crippen LogP contribution < -0.4 is 0 Å². The van der Waals surface area contributed by atoms with E-state index in [-0.39, 0.29) is 11.9 Å². The standard InChI is InChI=1S/C23H24O5S2/c1-15(2)27-21-19(20(25)22(21,28-16(3)24)18-10-11-26-14-18)23(29-12-7-13-30-23)17-8-5-4-6-9-17/h4-6,8-11,14-15H,7,12-13H2,1-3H3/t22-/m1/s1. The SMILES string of the molecule is CC(=O)O[C@]1(c2ccoc2)C(=O)C(C2(c3ccccc3)SCCCS2)=C1OC(C)C. The van der Waals surface area contributed by atoms with Crippen molar-refractivity contribution in [3.05, 3.63) is 71.4 Å². The number of esters is 1. The average Bonchev–Trinajstić information content (AvgIpc) is 3.27. The number of ketones is 1. The molecular weight excluding hydrogens is 420 g/mol. The molecular formula is C23H24O5S2. The number of ether oxygens (including phenoxy) is 2. The van der Waals surface area contributed by atoms with E-state index in [2.05, 4.69) is 0 Å². The first-order valence-electron chi connectivity index (χ1n) is 9.94. The van der Waals surface area contributed by atoms with Crippen LogP contribution in [-0.2, 0) is 28.7 Å². The molecule has 0 amide bonds. The summed E-state index contributed by atoms with van der Waals surface area (Å²) < 4.78 is 16.6. The van der Waals surface area contributed by atoms with Crippen LogP contribution in [0.2, 0.25) is 0 Å². The molecule has 1 aromatic heterocycles. The summed E-state index contributed by atoms with van der Waals surface area (Å²) in [5, 5.41) is 0. The highest BCUT2D eigenvalue weighted by molar-refractivity contribution is 8.18. The summed E-state index contributed by atoms with van der Waals surface area (Å²) in [6.07, 6.45) is 3.78. The fourth-order valence-electron chi connectivity index (χ4n) is 3.91. The van der Waals surface area contributed by atoms with Gasteiger partial charge in [-0.15, -0.1) is 23.5 Å². The van der Waals surface area contributed by atoms with E-state index in [0.29, 0.717) is 16.9 Å². The molecule has 2 aromatic rings. The van der Waals surface area contributed by atoms with E-state index in [1.165, 1.54) is 19.5 Å². The second-order valence-electron chi connectivity index (χ2n) is 7.52. The van der Waals surface area contributed by atoms with Crippen LogP contribution in [-0.4, -0.2) is 29.4 Å². The molecule has 0 N–H and O–H groups in total. The van der Waals surface area contributed by atoms with E-state index in [1.54, 1.807) is 29.6 Å². The predicted molar refractivity (Wildman–Crippen MR) is 118 cm³/mol. The molecule has 2 heterocycles. The molecule has 1 atom stereocenters. The topological polar surface area (TPSA) is 65.7 Å². The zero-order valence-electron chi connectivity index (χ0n) is 17.2. The Labute approximate surface area is 184 Å². The highest BCUT2D eigenvalue weighted by Gasteiger charge is 2.66. The summed E-state index contributed by atoms with van der Waals surface area (Å²) in [6.45, 7) is 5.10. The molecule has 1 aliphatic heterocycles. The van der Waals surface area contributed by atoms with Gasteiger partial charge in [-0.1, -0.05) is 30.3 Å². The molecule has 1 aromatic carbocycles. The molecule has 30 heavy (non-hydrogen) atoms. The quantitative estimate of drug-likeness (QED) is 0.579. The minimum Gasteiger partial charge on any atom is -0.490 e. The summed E-state index contributed by atoms with van der Waals surface area (Å²) in [5.74, 6) is 1.47. The van der Waals surface area contributed by atoms with Crippen LogP contribution in [0, 0.1) is 0 Å². The van der Waals surface area contributed by atoms with Crippen LogP contribution in [0.3, 0.4) is 0 Å². The van der Waals surface area contributed by atoms with Gasteiger partial charge in [0.15, 0.2) is 5.76 Å². The van der Waals surface area contributed by atoms with Gasteiger partial charge in [0.25, 0.3) is 5.60 Å². The Morgan fingerprint density at radius 3 is 2.37 bits per heavy atom. The number of thioether (sulfide) groups is 2. The molecule has 5 nitrogen and oxygen atoms in total. The van der Waals surface area contributed by atoms with Gasteiger partial charge in [0.1, 0.15) is 4.08 Å². The van der Waals surface area contributed by atoms with Crippen molar-refractivity contribution in [2.24, 2.45) is 0 Å². The summed E-state index contributed by atoms with van der Waals surface area (Å²) in [4.78, 5) is 26.0. The molecule has 0 bridgehead atoms. The lowest BCUT2D eigenvalue weighted by Crippen LogP contribution is -2.56. The predicted octanol–water partition coefficient (Wildman–Crippen LogP) is 5.02. The first-order valence-corrected chi connectivity index (χ1v) is 11.9. The third-order valence-electron chi connectivity index (χ3n) is 5.05. The normalized spacial score (nSPS) is 23.3. The third kappa shape index (κ3) is 3.28. The third-order valence-corrected chi connectivity index (χ3v) is 8.44. The van der Waals surface area contributed by atoms with Crippen molar-refractivity contribution in [2.75, 3.05) is 11.5 Å². The molecule has 158 valence electrons. The van der Waals surface area contributed by atoms with E-state index < -0.39 is 15.6 Å². The molecule has 2 aliphatic rings. The van der Waals surface area contributed by atoms with Crippen molar-refractivity contribution < 1.29 is 23.5 Å². The molecule has 1 saturated heterocycles. The Morgan fingerprint density at radius 2 is 1.80 bits per heavy atom. The first-order chi connectivity index (χ1) is 14.4. The van der Waals surface area contributed by atoms with Gasteiger partial charge in [-0.3, -0.25) is 9.59 Å². The number of benzene rings is 1. The van der Waals surface area contributed by atoms with E-state index in [9.17, 15) is 9.59 Å². The highest BCUT2D eigenvalue weighted by atomic mass is 32.2.